The third-order valence-corrected chi connectivity index (χ3v) is 4.24. The smallest absolute Gasteiger partial charge is 0.132 e. The first-order chi connectivity index (χ1) is 9.33. The minimum atomic E-state index is 0.663. The normalized spacial score (nSPS) is 20.1. The van der Waals surface area contributed by atoms with Gasteiger partial charge in [0.1, 0.15) is 5.82 Å². The number of benzene rings is 1. The molecule has 2 fully saturated rings. The summed E-state index contributed by atoms with van der Waals surface area (Å²) in [5.41, 5.74) is 8.96. The number of piperidine rings is 1. The van der Waals surface area contributed by atoms with Crippen molar-refractivity contribution < 1.29 is 0 Å². The number of rotatable bonds is 2. The van der Waals surface area contributed by atoms with Gasteiger partial charge in [-0.15, -0.1) is 0 Å². The number of nitrogens with two attached hydrogens (primary N) is 1. The molecule has 4 rings (SSSR count). The molecule has 1 saturated carbocycles. The number of hydrogen-bond acceptors (Lipinski definition) is 3. The van der Waals surface area contributed by atoms with Crippen LogP contribution in [0.15, 0.2) is 18.2 Å². The Bertz CT molecular complexity index is 606. The van der Waals surface area contributed by atoms with Crippen LogP contribution in [0.3, 0.4) is 0 Å². The van der Waals surface area contributed by atoms with Crippen molar-refractivity contribution in [2.24, 2.45) is 0 Å². The molecule has 2 aromatic rings. The first-order valence-electron chi connectivity index (χ1n) is 7.36. The fraction of sp³-hybridized carbons (Fsp3) is 0.533. The predicted molar refractivity (Wildman–Crippen MR) is 77.9 cm³/mol. The fourth-order valence-electron chi connectivity index (χ4n) is 3.08. The Morgan fingerprint density at radius 1 is 1.11 bits per heavy atom. The molecule has 0 spiro atoms. The van der Waals surface area contributed by atoms with Crippen molar-refractivity contribution in [1.29, 1.82) is 0 Å². The summed E-state index contributed by atoms with van der Waals surface area (Å²) in [6.45, 7) is 2.30. The highest BCUT2D eigenvalue weighted by Gasteiger charge is 2.31. The van der Waals surface area contributed by atoms with Crippen LogP contribution in [0.1, 0.15) is 43.8 Å². The summed E-state index contributed by atoms with van der Waals surface area (Å²) in [7, 11) is 0. The van der Waals surface area contributed by atoms with Gasteiger partial charge in [0.05, 0.1) is 11.0 Å². The third kappa shape index (κ3) is 1.86. The number of hydrogen-bond donors (Lipinski definition) is 1. The molecule has 1 saturated heterocycles. The monoisotopic (exact) mass is 256 g/mol. The SMILES string of the molecule is Nc1ccc2c(c1)nc(C1CC1)n2N1CCCCC1. The first kappa shape index (κ1) is 11.1. The topological polar surface area (TPSA) is 47.1 Å². The van der Waals surface area contributed by atoms with Gasteiger partial charge in [-0.3, -0.25) is 0 Å². The van der Waals surface area contributed by atoms with Crippen molar-refractivity contribution >= 4 is 16.7 Å². The van der Waals surface area contributed by atoms with Gasteiger partial charge in [0.15, 0.2) is 0 Å². The van der Waals surface area contributed by atoms with Gasteiger partial charge < -0.3 is 10.7 Å². The molecule has 1 aromatic heterocycles. The number of fused-ring (bicyclic) bond motifs is 1. The number of nitrogens with zero attached hydrogens (tertiary/aromatic N) is 3. The Balaban J connectivity index is 1.87. The highest BCUT2D eigenvalue weighted by atomic mass is 15.6. The van der Waals surface area contributed by atoms with E-state index in [0.29, 0.717) is 5.92 Å². The van der Waals surface area contributed by atoms with Gasteiger partial charge in [-0.2, -0.15) is 0 Å². The zero-order valence-electron chi connectivity index (χ0n) is 11.2. The van der Waals surface area contributed by atoms with E-state index in [0.717, 1.165) is 24.3 Å². The van der Waals surface area contributed by atoms with E-state index in [4.69, 9.17) is 10.7 Å². The lowest BCUT2D eigenvalue weighted by Crippen LogP contribution is -2.40. The molecule has 0 atom stereocenters. The second kappa shape index (κ2) is 4.15. The van der Waals surface area contributed by atoms with Crippen LogP contribution in [0.4, 0.5) is 5.69 Å². The maximum absolute atomic E-state index is 5.89. The molecule has 19 heavy (non-hydrogen) atoms. The number of aromatic nitrogens is 2. The molecule has 100 valence electrons. The lowest BCUT2D eigenvalue weighted by molar-refractivity contribution is 0.475. The molecular formula is C15H20N4. The molecule has 2 N–H and O–H groups in total. The van der Waals surface area contributed by atoms with Crippen LogP contribution in [-0.4, -0.2) is 22.7 Å². The van der Waals surface area contributed by atoms with Crippen LogP contribution in [0.25, 0.3) is 11.0 Å². The molecule has 0 radical (unpaired) electrons. The third-order valence-electron chi connectivity index (χ3n) is 4.24. The zero-order chi connectivity index (χ0) is 12.8. The maximum Gasteiger partial charge on any atom is 0.132 e. The average Bonchev–Trinajstić information content (AvgIpc) is 3.21. The van der Waals surface area contributed by atoms with Crippen molar-refractivity contribution in [2.45, 2.75) is 38.0 Å². The molecule has 0 bridgehead atoms. The zero-order valence-corrected chi connectivity index (χ0v) is 11.2. The van der Waals surface area contributed by atoms with Crippen molar-refractivity contribution in [3.63, 3.8) is 0 Å². The lowest BCUT2D eigenvalue weighted by atomic mass is 10.2. The summed E-state index contributed by atoms with van der Waals surface area (Å²) in [5.74, 6) is 1.91. The highest BCUT2D eigenvalue weighted by molar-refractivity contribution is 5.80. The summed E-state index contributed by atoms with van der Waals surface area (Å²) < 4.78 is 2.38. The summed E-state index contributed by atoms with van der Waals surface area (Å²) in [6.07, 6.45) is 6.51. The molecule has 1 aliphatic heterocycles. The van der Waals surface area contributed by atoms with Gasteiger partial charge in [-0.05, 0) is 50.3 Å². The van der Waals surface area contributed by atoms with Crippen molar-refractivity contribution in [3.05, 3.63) is 24.0 Å². The molecule has 0 unspecified atom stereocenters. The van der Waals surface area contributed by atoms with E-state index in [2.05, 4.69) is 15.8 Å². The van der Waals surface area contributed by atoms with Crippen LogP contribution in [0, 0.1) is 0 Å². The summed E-state index contributed by atoms with van der Waals surface area (Å²) in [6, 6.07) is 6.11. The first-order valence-corrected chi connectivity index (χ1v) is 7.36. The minimum Gasteiger partial charge on any atom is -0.399 e. The second-order valence-electron chi connectivity index (χ2n) is 5.82. The molecule has 4 heteroatoms. The number of anilines is 1. The van der Waals surface area contributed by atoms with E-state index < -0.39 is 0 Å². The van der Waals surface area contributed by atoms with E-state index in [-0.39, 0.29) is 0 Å². The van der Waals surface area contributed by atoms with E-state index in [1.54, 1.807) is 0 Å². The molecule has 2 aliphatic rings. The van der Waals surface area contributed by atoms with Gasteiger partial charge >= 0.3 is 0 Å². The van der Waals surface area contributed by atoms with Crippen molar-refractivity contribution in [2.75, 3.05) is 23.8 Å². The van der Waals surface area contributed by atoms with E-state index in [1.807, 2.05) is 12.1 Å². The highest BCUT2D eigenvalue weighted by Crippen LogP contribution is 2.41. The lowest BCUT2D eigenvalue weighted by Gasteiger charge is -2.31. The van der Waals surface area contributed by atoms with E-state index in [1.165, 1.54) is 43.4 Å². The predicted octanol–water partition coefficient (Wildman–Crippen LogP) is 2.62. The Morgan fingerprint density at radius 2 is 1.89 bits per heavy atom. The number of imidazole rings is 1. The van der Waals surface area contributed by atoms with Crippen LogP contribution >= 0.6 is 0 Å². The summed E-state index contributed by atoms with van der Waals surface area (Å²) >= 11 is 0. The van der Waals surface area contributed by atoms with Gasteiger partial charge in [-0.25, -0.2) is 9.66 Å². The Labute approximate surface area is 113 Å². The summed E-state index contributed by atoms with van der Waals surface area (Å²) in [5, 5.41) is 2.47. The van der Waals surface area contributed by atoms with Crippen LogP contribution in [-0.2, 0) is 0 Å². The molecule has 0 amide bonds. The maximum atomic E-state index is 5.89. The van der Waals surface area contributed by atoms with Crippen LogP contribution < -0.4 is 10.7 Å². The van der Waals surface area contributed by atoms with Gasteiger partial charge in [0, 0.05) is 24.7 Å². The molecular weight excluding hydrogens is 236 g/mol. The Kier molecular flexibility index (Phi) is 2.43. The van der Waals surface area contributed by atoms with Crippen LogP contribution in [0.5, 0.6) is 0 Å². The van der Waals surface area contributed by atoms with Crippen molar-refractivity contribution in [1.82, 2.24) is 9.66 Å². The van der Waals surface area contributed by atoms with Gasteiger partial charge in [0.2, 0.25) is 0 Å². The Morgan fingerprint density at radius 3 is 2.63 bits per heavy atom. The molecule has 2 heterocycles. The minimum absolute atomic E-state index is 0.663. The molecule has 1 aromatic carbocycles. The van der Waals surface area contributed by atoms with Crippen molar-refractivity contribution in [3.8, 4) is 0 Å². The average molecular weight is 256 g/mol. The van der Waals surface area contributed by atoms with Gasteiger partial charge in [0.25, 0.3) is 0 Å². The quantitative estimate of drug-likeness (QED) is 0.840. The standard InChI is InChI=1S/C15H20N4/c16-12-6-7-14-13(10-12)17-15(11-4-5-11)19(14)18-8-2-1-3-9-18/h6-7,10-11H,1-5,8-9,16H2. The largest absolute Gasteiger partial charge is 0.399 e. The molecule has 1 aliphatic carbocycles. The van der Waals surface area contributed by atoms with Crippen LogP contribution in [0.2, 0.25) is 0 Å². The number of nitrogen functional groups attached to an aromatic ring is 1. The van der Waals surface area contributed by atoms with E-state index in [9.17, 15) is 0 Å². The summed E-state index contributed by atoms with van der Waals surface area (Å²) in [4.78, 5) is 4.85. The fourth-order valence-corrected chi connectivity index (χ4v) is 3.08. The Hall–Kier alpha value is -1.71. The van der Waals surface area contributed by atoms with Gasteiger partial charge in [-0.1, -0.05) is 0 Å². The molecule has 4 nitrogen and oxygen atoms in total. The second-order valence-corrected chi connectivity index (χ2v) is 5.82. The van der Waals surface area contributed by atoms with E-state index >= 15 is 0 Å².